The summed E-state index contributed by atoms with van der Waals surface area (Å²) in [5, 5.41) is 0. The summed E-state index contributed by atoms with van der Waals surface area (Å²) in [5.41, 5.74) is 8.71. The predicted molar refractivity (Wildman–Crippen MR) is 76.3 cm³/mol. The Balaban J connectivity index is 2.62. The maximum Gasteiger partial charge on any atom is 0.175 e. The molecule has 1 aromatic rings. The molecule has 1 aliphatic rings. The zero-order chi connectivity index (χ0) is 13.3. The molecule has 0 amide bonds. The second kappa shape index (κ2) is 5.10. The second-order valence-corrected chi connectivity index (χ2v) is 5.61. The van der Waals surface area contributed by atoms with Crippen molar-refractivity contribution in [1.29, 1.82) is 0 Å². The van der Waals surface area contributed by atoms with E-state index in [0.29, 0.717) is 0 Å². The summed E-state index contributed by atoms with van der Waals surface area (Å²) < 4.78 is 11.8. The average molecular weight is 314 g/mol. The van der Waals surface area contributed by atoms with Crippen molar-refractivity contribution in [2.45, 2.75) is 38.1 Å². The van der Waals surface area contributed by atoms with Crippen LogP contribution in [0.5, 0.6) is 11.5 Å². The lowest BCUT2D eigenvalue weighted by Crippen LogP contribution is -2.44. The van der Waals surface area contributed by atoms with Gasteiger partial charge in [-0.25, -0.2) is 0 Å². The Bertz CT molecular complexity index is 456. The molecule has 0 saturated heterocycles. The van der Waals surface area contributed by atoms with E-state index < -0.39 is 0 Å². The molecule has 1 fully saturated rings. The number of halogens is 1. The molecular weight excluding hydrogens is 294 g/mol. The van der Waals surface area contributed by atoms with Crippen molar-refractivity contribution in [2.24, 2.45) is 5.73 Å². The number of ether oxygens (including phenoxy) is 2. The van der Waals surface area contributed by atoms with Gasteiger partial charge in [0.2, 0.25) is 0 Å². The number of benzene rings is 1. The number of methoxy groups -OCH3 is 2. The lowest BCUT2D eigenvalue weighted by molar-refractivity contribution is 0.250. The molecule has 0 radical (unpaired) electrons. The van der Waals surface area contributed by atoms with Gasteiger partial charge in [-0.15, -0.1) is 0 Å². The Morgan fingerprint density at radius 2 is 2.00 bits per heavy atom. The van der Waals surface area contributed by atoms with E-state index in [-0.39, 0.29) is 5.54 Å². The second-order valence-electron chi connectivity index (χ2n) is 4.82. The summed E-state index contributed by atoms with van der Waals surface area (Å²) in [6.07, 6.45) is 4.21. The molecule has 1 aromatic carbocycles. The van der Waals surface area contributed by atoms with E-state index in [1.807, 2.05) is 6.07 Å². The minimum absolute atomic E-state index is 0.187. The van der Waals surface area contributed by atoms with E-state index in [9.17, 15) is 0 Å². The fourth-order valence-electron chi connectivity index (χ4n) is 2.61. The average Bonchev–Trinajstić information content (AvgIpc) is 2.34. The van der Waals surface area contributed by atoms with Crippen LogP contribution in [0.3, 0.4) is 0 Å². The standard InChI is InChI=1S/C14H20BrNO2/c1-4-9-10(14(16)6-5-7-14)8-11(17-2)13(18-3)12(9)15/h8H,4-7,16H2,1-3H3. The Morgan fingerprint density at radius 1 is 1.33 bits per heavy atom. The van der Waals surface area contributed by atoms with Crippen LogP contribution in [-0.4, -0.2) is 14.2 Å². The topological polar surface area (TPSA) is 44.5 Å². The first-order chi connectivity index (χ1) is 8.57. The highest BCUT2D eigenvalue weighted by atomic mass is 79.9. The van der Waals surface area contributed by atoms with Gasteiger partial charge in [0, 0.05) is 5.54 Å². The SMILES string of the molecule is CCc1c(C2(N)CCC2)cc(OC)c(OC)c1Br. The van der Waals surface area contributed by atoms with Crippen LogP contribution in [0.15, 0.2) is 10.5 Å². The first kappa shape index (κ1) is 13.7. The van der Waals surface area contributed by atoms with E-state index in [0.717, 1.165) is 35.2 Å². The summed E-state index contributed by atoms with van der Waals surface area (Å²) in [6, 6.07) is 2.04. The van der Waals surface area contributed by atoms with Crippen LogP contribution in [0.25, 0.3) is 0 Å². The minimum atomic E-state index is -0.187. The molecule has 3 nitrogen and oxygen atoms in total. The molecule has 1 aliphatic carbocycles. The smallest absolute Gasteiger partial charge is 0.175 e. The van der Waals surface area contributed by atoms with E-state index >= 15 is 0 Å². The third-order valence-electron chi connectivity index (χ3n) is 3.85. The van der Waals surface area contributed by atoms with Crippen LogP contribution >= 0.6 is 15.9 Å². The van der Waals surface area contributed by atoms with Crippen LogP contribution in [0.1, 0.15) is 37.3 Å². The largest absolute Gasteiger partial charge is 0.493 e. The van der Waals surface area contributed by atoms with Crippen molar-refractivity contribution < 1.29 is 9.47 Å². The van der Waals surface area contributed by atoms with Gasteiger partial charge in [-0.3, -0.25) is 0 Å². The Morgan fingerprint density at radius 3 is 2.39 bits per heavy atom. The van der Waals surface area contributed by atoms with Crippen LogP contribution in [0.2, 0.25) is 0 Å². The Kier molecular flexibility index (Phi) is 3.87. The molecule has 0 bridgehead atoms. The Labute approximate surface area is 117 Å². The van der Waals surface area contributed by atoms with Crippen LogP contribution < -0.4 is 15.2 Å². The number of rotatable bonds is 4. The van der Waals surface area contributed by atoms with Crippen molar-refractivity contribution in [3.8, 4) is 11.5 Å². The maximum absolute atomic E-state index is 6.47. The van der Waals surface area contributed by atoms with Gasteiger partial charge in [-0.05, 0) is 58.8 Å². The molecule has 4 heteroatoms. The lowest BCUT2D eigenvalue weighted by Gasteiger charge is -2.40. The fourth-order valence-corrected chi connectivity index (χ4v) is 3.46. The summed E-state index contributed by atoms with van der Waals surface area (Å²) >= 11 is 3.63. The van der Waals surface area contributed by atoms with Gasteiger partial charge in [-0.1, -0.05) is 6.92 Å². The summed E-state index contributed by atoms with van der Waals surface area (Å²) in [5.74, 6) is 1.49. The molecule has 1 saturated carbocycles. The van der Waals surface area contributed by atoms with Crippen LogP contribution in [0, 0.1) is 0 Å². The first-order valence-electron chi connectivity index (χ1n) is 6.30. The van der Waals surface area contributed by atoms with E-state index in [4.69, 9.17) is 15.2 Å². The predicted octanol–water partition coefficient (Wildman–Crippen LogP) is 3.37. The van der Waals surface area contributed by atoms with Gasteiger partial charge >= 0.3 is 0 Å². The molecule has 0 atom stereocenters. The zero-order valence-electron chi connectivity index (χ0n) is 11.2. The van der Waals surface area contributed by atoms with Crippen molar-refractivity contribution in [2.75, 3.05) is 14.2 Å². The van der Waals surface area contributed by atoms with Gasteiger partial charge in [-0.2, -0.15) is 0 Å². The lowest BCUT2D eigenvalue weighted by atomic mass is 9.71. The highest BCUT2D eigenvalue weighted by molar-refractivity contribution is 9.10. The summed E-state index contributed by atoms with van der Waals surface area (Å²) in [6.45, 7) is 2.14. The third kappa shape index (κ3) is 2.01. The van der Waals surface area contributed by atoms with Crippen molar-refractivity contribution in [3.63, 3.8) is 0 Å². The van der Waals surface area contributed by atoms with E-state index in [1.165, 1.54) is 17.5 Å². The van der Waals surface area contributed by atoms with Crippen molar-refractivity contribution in [3.05, 3.63) is 21.7 Å². The fraction of sp³-hybridized carbons (Fsp3) is 0.571. The normalized spacial score (nSPS) is 17.2. The Hall–Kier alpha value is -0.740. The maximum atomic E-state index is 6.47. The van der Waals surface area contributed by atoms with Gasteiger partial charge in [0.05, 0.1) is 18.7 Å². The van der Waals surface area contributed by atoms with Crippen LogP contribution in [0.4, 0.5) is 0 Å². The van der Waals surface area contributed by atoms with Crippen molar-refractivity contribution >= 4 is 15.9 Å². The molecular formula is C14H20BrNO2. The van der Waals surface area contributed by atoms with E-state index in [1.54, 1.807) is 14.2 Å². The molecule has 100 valence electrons. The van der Waals surface area contributed by atoms with Gasteiger partial charge in [0.1, 0.15) is 0 Å². The molecule has 18 heavy (non-hydrogen) atoms. The number of hydrogen-bond acceptors (Lipinski definition) is 3. The molecule has 0 aromatic heterocycles. The monoisotopic (exact) mass is 313 g/mol. The third-order valence-corrected chi connectivity index (χ3v) is 4.69. The van der Waals surface area contributed by atoms with E-state index in [2.05, 4.69) is 22.9 Å². The summed E-state index contributed by atoms with van der Waals surface area (Å²) in [4.78, 5) is 0. The molecule has 0 unspecified atom stereocenters. The van der Waals surface area contributed by atoms with Gasteiger partial charge in [0.15, 0.2) is 11.5 Å². The molecule has 0 aliphatic heterocycles. The van der Waals surface area contributed by atoms with Crippen LogP contribution in [-0.2, 0) is 12.0 Å². The number of hydrogen-bond donors (Lipinski definition) is 1. The van der Waals surface area contributed by atoms with Gasteiger partial charge < -0.3 is 15.2 Å². The minimum Gasteiger partial charge on any atom is -0.493 e. The highest BCUT2D eigenvalue weighted by Gasteiger charge is 2.37. The van der Waals surface area contributed by atoms with Gasteiger partial charge in [0.25, 0.3) is 0 Å². The molecule has 0 heterocycles. The van der Waals surface area contributed by atoms with Crippen molar-refractivity contribution in [1.82, 2.24) is 0 Å². The first-order valence-corrected chi connectivity index (χ1v) is 7.09. The zero-order valence-corrected chi connectivity index (χ0v) is 12.8. The number of nitrogens with two attached hydrogens (primary N) is 1. The quantitative estimate of drug-likeness (QED) is 0.927. The molecule has 2 N–H and O–H groups in total. The summed E-state index contributed by atoms with van der Waals surface area (Å²) in [7, 11) is 3.31. The molecule has 0 spiro atoms. The molecule has 2 rings (SSSR count). The highest BCUT2D eigenvalue weighted by Crippen LogP contribution is 2.47.